The van der Waals surface area contributed by atoms with Crippen molar-refractivity contribution < 1.29 is 0 Å². The average Bonchev–Trinajstić information content (AvgIpc) is 2.42. The number of nitrogens with one attached hydrogen (secondary N) is 1. The quantitative estimate of drug-likeness (QED) is 0.515. The van der Waals surface area contributed by atoms with Gasteiger partial charge >= 0.3 is 0 Å². The summed E-state index contributed by atoms with van der Waals surface area (Å²) < 4.78 is 0. The van der Waals surface area contributed by atoms with Gasteiger partial charge in [-0.1, -0.05) is 20.3 Å². The first-order valence-corrected chi connectivity index (χ1v) is 7.76. The summed E-state index contributed by atoms with van der Waals surface area (Å²) in [6.45, 7) is 12.7. The van der Waals surface area contributed by atoms with Crippen LogP contribution in [0.5, 0.6) is 0 Å². The number of aliphatic imine (C=N–C) groups is 1. The van der Waals surface area contributed by atoms with Crippen LogP contribution in [-0.2, 0) is 0 Å². The molecule has 0 bridgehead atoms. The normalized spacial score (nSPS) is 13.7. The number of likely N-dealkylation sites (N-methyl/N-ethyl adjacent to an activating group) is 1. The van der Waals surface area contributed by atoms with E-state index < -0.39 is 0 Å². The van der Waals surface area contributed by atoms with E-state index in [1.165, 1.54) is 19.3 Å². The van der Waals surface area contributed by atoms with Crippen LogP contribution in [-0.4, -0.2) is 62.1 Å². The van der Waals surface area contributed by atoms with Gasteiger partial charge in [-0.15, -0.1) is 0 Å². The smallest absolute Gasteiger partial charge is 0.193 e. The molecule has 0 aliphatic rings. The maximum atomic E-state index is 4.71. The molecule has 1 atom stereocenters. The molecule has 0 saturated carbocycles. The highest BCUT2D eigenvalue weighted by Gasteiger charge is 2.07. The molecule has 0 aromatic rings. The van der Waals surface area contributed by atoms with E-state index in [0.29, 0.717) is 6.04 Å². The van der Waals surface area contributed by atoms with Crippen molar-refractivity contribution >= 4 is 5.96 Å². The minimum absolute atomic E-state index is 0.635. The van der Waals surface area contributed by atoms with Crippen molar-refractivity contribution in [3.63, 3.8) is 0 Å². The monoisotopic (exact) mass is 270 g/mol. The van der Waals surface area contributed by atoms with Crippen molar-refractivity contribution in [2.45, 2.75) is 53.0 Å². The van der Waals surface area contributed by atoms with E-state index >= 15 is 0 Å². The lowest BCUT2D eigenvalue weighted by molar-refractivity contribution is 0.258. The van der Waals surface area contributed by atoms with Crippen LogP contribution in [0.1, 0.15) is 47.0 Å². The van der Waals surface area contributed by atoms with Gasteiger partial charge in [0, 0.05) is 32.7 Å². The van der Waals surface area contributed by atoms with E-state index in [-0.39, 0.29) is 0 Å². The molecular weight excluding hydrogens is 236 g/mol. The Labute approximate surface area is 120 Å². The third-order valence-corrected chi connectivity index (χ3v) is 3.60. The third-order valence-electron chi connectivity index (χ3n) is 3.60. The molecule has 0 saturated heterocycles. The topological polar surface area (TPSA) is 30.9 Å². The molecule has 0 rings (SSSR count). The molecule has 4 nitrogen and oxygen atoms in total. The minimum Gasteiger partial charge on any atom is -0.357 e. The second-order valence-electron chi connectivity index (χ2n) is 5.25. The Morgan fingerprint density at radius 1 is 1.16 bits per heavy atom. The summed E-state index contributed by atoms with van der Waals surface area (Å²) in [7, 11) is 4.30. The van der Waals surface area contributed by atoms with E-state index in [2.05, 4.69) is 56.9 Å². The fourth-order valence-electron chi connectivity index (χ4n) is 1.82. The lowest BCUT2D eigenvalue weighted by Gasteiger charge is -2.24. The van der Waals surface area contributed by atoms with Crippen LogP contribution in [0.15, 0.2) is 4.99 Å². The van der Waals surface area contributed by atoms with Crippen molar-refractivity contribution in [3.8, 4) is 0 Å². The Morgan fingerprint density at radius 3 is 2.37 bits per heavy atom. The van der Waals surface area contributed by atoms with Crippen molar-refractivity contribution in [1.29, 1.82) is 0 Å². The number of guanidine groups is 1. The molecule has 0 aliphatic heterocycles. The van der Waals surface area contributed by atoms with Gasteiger partial charge in [-0.2, -0.15) is 0 Å². The number of hydrogen-bond donors (Lipinski definition) is 1. The van der Waals surface area contributed by atoms with E-state index in [4.69, 9.17) is 4.99 Å². The molecule has 0 fully saturated rings. The Kier molecular flexibility index (Phi) is 10.6. The number of rotatable bonds is 9. The molecule has 0 spiro atoms. The molecule has 0 amide bonds. The Bertz CT molecular complexity index is 240. The summed E-state index contributed by atoms with van der Waals surface area (Å²) in [6, 6.07) is 0.635. The second-order valence-corrected chi connectivity index (χ2v) is 5.25. The predicted molar refractivity (Wildman–Crippen MR) is 85.9 cm³/mol. The number of unbranched alkanes of at least 4 members (excludes halogenated alkanes) is 1. The van der Waals surface area contributed by atoms with Crippen LogP contribution in [0.2, 0.25) is 0 Å². The predicted octanol–water partition coefficient (Wildman–Crippen LogP) is 2.41. The fraction of sp³-hybridized carbons (Fsp3) is 0.933. The van der Waals surface area contributed by atoms with Crippen LogP contribution in [0, 0.1) is 0 Å². The van der Waals surface area contributed by atoms with Gasteiger partial charge < -0.3 is 15.1 Å². The van der Waals surface area contributed by atoms with Gasteiger partial charge in [0.15, 0.2) is 5.96 Å². The van der Waals surface area contributed by atoms with Gasteiger partial charge in [-0.05, 0) is 33.7 Å². The Balaban J connectivity index is 4.25. The maximum Gasteiger partial charge on any atom is 0.193 e. The minimum atomic E-state index is 0.635. The Hall–Kier alpha value is -0.770. The summed E-state index contributed by atoms with van der Waals surface area (Å²) >= 11 is 0. The van der Waals surface area contributed by atoms with E-state index in [0.717, 1.165) is 32.1 Å². The third kappa shape index (κ3) is 8.09. The first kappa shape index (κ1) is 18.2. The van der Waals surface area contributed by atoms with Gasteiger partial charge in [0.2, 0.25) is 0 Å². The Morgan fingerprint density at radius 2 is 1.84 bits per heavy atom. The van der Waals surface area contributed by atoms with Gasteiger partial charge in [0.05, 0.1) is 6.54 Å². The first-order valence-electron chi connectivity index (χ1n) is 7.76. The molecule has 19 heavy (non-hydrogen) atoms. The van der Waals surface area contributed by atoms with E-state index in [1.807, 2.05) is 0 Å². The summed E-state index contributed by atoms with van der Waals surface area (Å²) in [5.41, 5.74) is 0. The highest BCUT2D eigenvalue weighted by Crippen LogP contribution is 1.99. The summed E-state index contributed by atoms with van der Waals surface area (Å²) in [5, 5.41) is 3.37. The van der Waals surface area contributed by atoms with Gasteiger partial charge in [-0.25, -0.2) is 0 Å². The molecular formula is C15H34N4. The molecule has 1 N–H and O–H groups in total. The largest absolute Gasteiger partial charge is 0.357 e. The lowest BCUT2D eigenvalue weighted by Crippen LogP contribution is -2.40. The molecule has 0 radical (unpaired) electrons. The van der Waals surface area contributed by atoms with E-state index in [1.54, 1.807) is 0 Å². The van der Waals surface area contributed by atoms with E-state index in [9.17, 15) is 0 Å². The molecule has 0 aliphatic carbocycles. The van der Waals surface area contributed by atoms with Crippen LogP contribution < -0.4 is 5.32 Å². The van der Waals surface area contributed by atoms with Crippen LogP contribution >= 0.6 is 0 Å². The van der Waals surface area contributed by atoms with Crippen molar-refractivity contribution in [2.24, 2.45) is 4.99 Å². The highest BCUT2D eigenvalue weighted by molar-refractivity contribution is 5.79. The summed E-state index contributed by atoms with van der Waals surface area (Å²) in [5.74, 6) is 1.04. The molecule has 114 valence electrons. The average molecular weight is 270 g/mol. The van der Waals surface area contributed by atoms with Crippen molar-refractivity contribution in [2.75, 3.05) is 40.3 Å². The second kappa shape index (κ2) is 11.1. The summed E-state index contributed by atoms with van der Waals surface area (Å²) in [6.07, 6.45) is 3.63. The maximum absolute atomic E-state index is 4.71. The summed E-state index contributed by atoms with van der Waals surface area (Å²) in [4.78, 5) is 9.32. The fourth-order valence-corrected chi connectivity index (χ4v) is 1.82. The standard InChI is InChI=1S/C15H34N4/c1-7-10-12-19(6)15(16-9-3)17-11-13-18(5)14(4)8-2/h14H,7-13H2,1-6H3,(H,16,17). The molecule has 0 aromatic carbocycles. The van der Waals surface area contributed by atoms with Crippen LogP contribution in [0.3, 0.4) is 0 Å². The molecule has 1 unspecified atom stereocenters. The zero-order valence-electron chi connectivity index (χ0n) is 13.9. The zero-order chi connectivity index (χ0) is 14.7. The number of hydrogen-bond acceptors (Lipinski definition) is 2. The first-order chi connectivity index (χ1) is 9.06. The molecule has 4 heteroatoms. The zero-order valence-corrected chi connectivity index (χ0v) is 13.9. The van der Waals surface area contributed by atoms with Crippen molar-refractivity contribution in [3.05, 3.63) is 0 Å². The van der Waals surface area contributed by atoms with Gasteiger partial charge in [0.25, 0.3) is 0 Å². The van der Waals surface area contributed by atoms with Crippen LogP contribution in [0.25, 0.3) is 0 Å². The van der Waals surface area contributed by atoms with Crippen molar-refractivity contribution in [1.82, 2.24) is 15.1 Å². The lowest BCUT2D eigenvalue weighted by atomic mass is 10.2. The number of nitrogens with zero attached hydrogens (tertiary/aromatic N) is 3. The van der Waals surface area contributed by atoms with Crippen LogP contribution in [0.4, 0.5) is 0 Å². The molecule has 0 heterocycles. The highest BCUT2D eigenvalue weighted by atomic mass is 15.3. The van der Waals surface area contributed by atoms with Gasteiger partial charge in [-0.3, -0.25) is 4.99 Å². The molecule has 0 aromatic heterocycles. The van der Waals surface area contributed by atoms with Gasteiger partial charge in [0.1, 0.15) is 0 Å². The SMILES string of the molecule is CCCCN(C)C(=NCCN(C)C(C)CC)NCC.